The molecule has 2 aliphatic heterocycles. The van der Waals surface area contributed by atoms with Crippen LogP contribution in [0.1, 0.15) is 0 Å². The predicted molar refractivity (Wildman–Crippen MR) is 43.6 cm³/mol. The zero-order valence-electron chi connectivity index (χ0n) is 7.69. The van der Waals surface area contributed by atoms with Crippen molar-refractivity contribution in [2.24, 2.45) is 0 Å². The van der Waals surface area contributed by atoms with Crippen molar-refractivity contribution < 1.29 is 28.5 Å². The molecule has 6 heteroatoms. The van der Waals surface area contributed by atoms with Gasteiger partial charge >= 0.3 is 11.9 Å². The van der Waals surface area contributed by atoms with Gasteiger partial charge in [0.2, 0.25) is 0 Å². The maximum absolute atomic E-state index is 10.1. The molecule has 0 aromatic carbocycles. The van der Waals surface area contributed by atoms with Gasteiger partial charge in [-0.2, -0.15) is 0 Å². The maximum Gasteiger partial charge on any atom is 0.332 e. The molecule has 0 N–H and O–H groups in total. The zero-order valence-corrected chi connectivity index (χ0v) is 7.69. The maximum atomic E-state index is 10.1. The van der Waals surface area contributed by atoms with Gasteiger partial charge in [-0.3, -0.25) is 0 Å². The average molecular weight is 204 g/mol. The van der Waals surface area contributed by atoms with Crippen molar-refractivity contribution in [1.82, 2.24) is 0 Å². The minimum atomic E-state index is -0.258. The normalized spacial score (nSPS) is 21.4. The molecule has 0 radical (unpaired) electrons. The Morgan fingerprint density at radius 2 is 1.14 bits per heavy atom. The molecular weight excluding hydrogens is 192 g/mol. The van der Waals surface area contributed by atoms with E-state index in [1.165, 1.54) is 0 Å². The fraction of sp³-hybridized carbons (Fsp3) is 0.750. The highest BCUT2D eigenvalue weighted by Gasteiger charge is 2.07. The second-order valence-corrected chi connectivity index (χ2v) is 2.55. The largest absolute Gasteiger partial charge is 0.462 e. The van der Waals surface area contributed by atoms with E-state index in [0.717, 1.165) is 0 Å². The monoisotopic (exact) mass is 204 g/mol. The number of hydrogen-bond acceptors (Lipinski definition) is 6. The molecule has 0 aliphatic carbocycles. The molecule has 6 nitrogen and oxygen atoms in total. The third-order valence-corrected chi connectivity index (χ3v) is 1.42. The minimum Gasteiger partial charge on any atom is -0.462 e. The fourth-order valence-corrected chi connectivity index (χ4v) is 0.823. The first-order valence-corrected chi connectivity index (χ1v) is 4.26. The van der Waals surface area contributed by atoms with E-state index in [4.69, 9.17) is 9.47 Å². The standard InChI is InChI=1S/2C4H6O3/c2*5-4-3-6-1-2-7-4/h2*1-3H2. The van der Waals surface area contributed by atoms with Crippen LogP contribution in [-0.2, 0) is 28.5 Å². The number of cyclic esters (lactones) is 2. The lowest BCUT2D eigenvalue weighted by Crippen LogP contribution is -2.22. The molecule has 80 valence electrons. The molecule has 0 aromatic heterocycles. The lowest BCUT2D eigenvalue weighted by atomic mass is 10.6. The molecule has 0 atom stereocenters. The molecule has 14 heavy (non-hydrogen) atoms. The van der Waals surface area contributed by atoms with Gasteiger partial charge in [-0.25, -0.2) is 9.59 Å². The van der Waals surface area contributed by atoms with Crippen LogP contribution in [0.4, 0.5) is 0 Å². The van der Waals surface area contributed by atoms with Crippen molar-refractivity contribution in [3.05, 3.63) is 0 Å². The van der Waals surface area contributed by atoms with E-state index in [9.17, 15) is 9.59 Å². The van der Waals surface area contributed by atoms with Gasteiger partial charge in [-0.05, 0) is 0 Å². The highest BCUT2D eigenvalue weighted by Crippen LogP contribution is 1.88. The minimum absolute atomic E-state index is 0.125. The highest BCUT2D eigenvalue weighted by molar-refractivity contribution is 5.71. The lowest BCUT2D eigenvalue weighted by molar-refractivity contribution is -0.159. The molecule has 2 rings (SSSR count). The third-order valence-electron chi connectivity index (χ3n) is 1.42. The summed E-state index contributed by atoms with van der Waals surface area (Å²) < 4.78 is 18.4. The van der Waals surface area contributed by atoms with Crippen molar-refractivity contribution in [3.63, 3.8) is 0 Å². The molecule has 0 amide bonds. The Kier molecular flexibility index (Phi) is 4.95. The Bertz CT molecular complexity index is 164. The summed E-state index contributed by atoms with van der Waals surface area (Å²) in [5.74, 6) is -0.516. The van der Waals surface area contributed by atoms with E-state index in [-0.39, 0.29) is 25.2 Å². The Balaban J connectivity index is 0.000000140. The van der Waals surface area contributed by atoms with Gasteiger partial charge < -0.3 is 18.9 Å². The summed E-state index contributed by atoms with van der Waals surface area (Å²) in [7, 11) is 0. The molecule has 2 fully saturated rings. The summed E-state index contributed by atoms with van der Waals surface area (Å²) >= 11 is 0. The van der Waals surface area contributed by atoms with Gasteiger partial charge in [-0.1, -0.05) is 0 Å². The number of carbonyl (C=O) groups excluding carboxylic acids is 2. The van der Waals surface area contributed by atoms with Crippen LogP contribution in [0.3, 0.4) is 0 Å². The number of ether oxygens (including phenoxy) is 4. The van der Waals surface area contributed by atoms with E-state index >= 15 is 0 Å². The van der Waals surface area contributed by atoms with Crippen molar-refractivity contribution in [1.29, 1.82) is 0 Å². The second-order valence-electron chi connectivity index (χ2n) is 2.55. The Hall–Kier alpha value is -1.14. The lowest BCUT2D eigenvalue weighted by Gasteiger charge is -2.09. The molecule has 0 unspecified atom stereocenters. The predicted octanol–water partition coefficient (Wildman–Crippen LogP) is -0.880. The van der Waals surface area contributed by atoms with Crippen LogP contribution < -0.4 is 0 Å². The topological polar surface area (TPSA) is 71.1 Å². The van der Waals surface area contributed by atoms with Crippen molar-refractivity contribution in [2.45, 2.75) is 0 Å². The van der Waals surface area contributed by atoms with Crippen LogP contribution in [0.15, 0.2) is 0 Å². The zero-order chi connectivity index (χ0) is 10.2. The SMILES string of the molecule is O=C1COCCO1.O=C1COCCO1. The smallest absolute Gasteiger partial charge is 0.332 e. The van der Waals surface area contributed by atoms with Crippen molar-refractivity contribution in [2.75, 3.05) is 39.6 Å². The van der Waals surface area contributed by atoms with Gasteiger partial charge in [0.15, 0.2) is 0 Å². The van der Waals surface area contributed by atoms with Crippen molar-refractivity contribution in [3.8, 4) is 0 Å². The first kappa shape index (κ1) is 10.9. The van der Waals surface area contributed by atoms with E-state index in [2.05, 4.69) is 9.47 Å². The quantitative estimate of drug-likeness (QED) is 0.477. The summed E-state index contributed by atoms with van der Waals surface area (Å²) in [6, 6.07) is 0. The van der Waals surface area contributed by atoms with E-state index in [1.807, 2.05) is 0 Å². The molecular formula is C8H12O6. The summed E-state index contributed by atoms with van der Waals surface area (Å²) in [5.41, 5.74) is 0. The van der Waals surface area contributed by atoms with Gasteiger partial charge in [0.1, 0.15) is 26.4 Å². The molecule has 2 heterocycles. The van der Waals surface area contributed by atoms with E-state index in [1.54, 1.807) is 0 Å². The second kappa shape index (κ2) is 6.33. The highest BCUT2D eigenvalue weighted by atomic mass is 16.6. The van der Waals surface area contributed by atoms with Crippen LogP contribution >= 0.6 is 0 Å². The third kappa shape index (κ3) is 4.78. The number of carbonyl (C=O) groups is 2. The average Bonchev–Trinajstić information content (AvgIpc) is 2.21. The van der Waals surface area contributed by atoms with Gasteiger partial charge in [0.05, 0.1) is 13.2 Å². The molecule has 0 aromatic rings. The molecule has 0 bridgehead atoms. The number of hydrogen-bond donors (Lipinski definition) is 0. The summed E-state index contributed by atoms with van der Waals surface area (Å²) in [5, 5.41) is 0. The molecule has 2 aliphatic rings. The first-order valence-electron chi connectivity index (χ1n) is 4.26. The summed E-state index contributed by atoms with van der Waals surface area (Å²) in [4.78, 5) is 20.2. The van der Waals surface area contributed by atoms with Crippen LogP contribution in [0.5, 0.6) is 0 Å². The first-order chi connectivity index (χ1) is 6.79. The molecule has 0 saturated carbocycles. The van der Waals surface area contributed by atoms with Crippen molar-refractivity contribution >= 4 is 11.9 Å². The van der Waals surface area contributed by atoms with E-state index in [0.29, 0.717) is 26.4 Å². The fourth-order valence-electron chi connectivity index (χ4n) is 0.823. The Morgan fingerprint density at radius 3 is 1.29 bits per heavy atom. The van der Waals surface area contributed by atoms with Crippen LogP contribution in [0, 0.1) is 0 Å². The molecule has 0 spiro atoms. The summed E-state index contributed by atoms with van der Waals surface area (Å²) in [6.07, 6.45) is 0. The Labute approximate surface area is 81.1 Å². The van der Waals surface area contributed by atoms with Crippen LogP contribution in [0.25, 0.3) is 0 Å². The molecule has 2 saturated heterocycles. The summed E-state index contributed by atoms with van der Waals surface area (Å²) in [6.45, 7) is 2.18. The number of rotatable bonds is 0. The van der Waals surface area contributed by atoms with Gasteiger partial charge in [0, 0.05) is 0 Å². The number of esters is 2. The van der Waals surface area contributed by atoms with Crippen LogP contribution in [-0.4, -0.2) is 51.6 Å². The van der Waals surface area contributed by atoms with Crippen LogP contribution in [0.2, 0.25) is 0 Å². The van der Waals surface area contributed by atoms with E-state index < -0.39 is 0 Å². The van der Waals surface area contributed by atoms with Gasteiger partial charge in [0.25, 0.3) is 0 Å². The Morgan fingerprint density at radius 1 is 0.714 bits per heavy atom. The van der Waals surface area contributed by atoms with Gasteiger partial charge in [-0.15, -0.1) is 0 Å².